The lowest BCUT2D eigenvalue weighted by Crippen LogP contribution is -2.60. The predicted molar refractivity (Wildman–Crippen MR) is 160 cm³/mol. The molecule has 6 aliphatic carbocycles. The number of carbonyl (C=O) groups excluding carboxylic acids is 2. The molecule has 11 atom stereocenters. The van der Waals surface area contributed by atoms with Crippen molar-refractivity contribution < 1.29 is 47.6 Å². The Bertz CT molecular complexity index is 1100. The number of carbonyl (C=O) groups is 2. The molecule has 0 aromatic heterocycles. The Balaban J connectivity index is 1.25. The zero-order valence-corrected chi connectivity index (χ0v) is 27.9. The predicted octanol–water partition coefficient (Wildman–Crippen LogP) is 6.35. The maximum absolute atomic E-state index is 13.6. The second kappa shape index (κ2) is 11.9. The fourth-order valence-corrected chi connectivity index (χ4v) is 10.8. The van der Waals surface area contributed by atoms with E-state index in [9.17, 15) is 38.1 Å². The maximum Gasteiger partial charge on any atom is 0.417 e. The summed E-state index contributed by atoms with van der Waals surface area (Å²) in [5, 5.41) is 31.9. The van der Waals surface area contributed by atoms with Crippen molar-refractivity contribution in [2.24, 2.45) is 53.3 Å². The molecule has 0 spiro atoms. The summed E-state index contributed by atoms with van der Waals surface area (Å²) in [7, 11) is 0. The lowest BCUT2D eigenvalue weighted by Gasteiger charge is -2.59. The average Bonchev–Trinajstić information content (AvgIpc) is 3.42. The van der Waals surface area contributed by atoms with Gasteiger partial charge in [0.15, 0.2) is 5.60 Å². The number of ether oxygens (including phenoxy) is 2. The van der Waals surface area contributed by atoms with E-state index in [1.807, 2.05) is 13.8 Å². The first-order valence-electron chi connectivity index (χ1n) is 17.3. The molecule has 0 heterocycles. The monoisotopic (exact) mass is 644 g/mol. The van der Waals surface area contributed by atoms with Gasteiger partial charge < -0.3 is 24.8 Å². The Morgan fingerprint density at radius 3 is 2.09 bits per heavy atom. The van der Waals surface area contributed by atoms with Crippen molar-refractivity contribution in [3.8, 4) is 0 Å². The van der Waals surface area contributed by atoms with Gasteiger partial charge in [-0.3, -0.25) is 9.59 Å². The van der Waals surface area contributed by atoms with E-state index in [-0.39, 0.29) is 23.7 Å². The van der Waals surface area contributed by atoms with Crippen molar-refractivity contribution in [1.82, 2.24) is 0 Å². The van der Waals surface area contributed by atoms with Crippen LogP contribution in [0.15, 0.2) is 0 Å². The summed E-state index contributed by atoms with van der Waals surface area (Å²) in [5.41, 5.74) is -5.23. The van der Waals surface area contributed by atoms with Gasteiger partial charge in [-0.25, -0.2) is 0 Å². The van der Waals surface area contributed by atoms with Crippen molar-refractivity contribution in [2.75, 3.05) is 0 Å². The molecule has 6 fully saturated rings. The number of rotatable bonds is 12. The standard InChI is InChI=1S/C35H55F3O7/c1-19(29(39)45-34-16-22-9-23(17-34)15-33(43,14-22)18-34)7-8-24(30(40)44-20(2)13-32(6,42)35(36,37)38)10-26-21(3)25-11-27(26)28(12-25)31(4,5)41/h19-28,41-43H,7-18H2,1-6H3/t19?,20?,21?,22?,23?,24?,25?,26-,27?,28?,32?,33?,34?/m0/s1. The second-order valence-corrected chi connectivity index (χ2v) is 17.1. The number of hydrogen-bond donors (Lipinski definition) is 3. The molecule has 3 N–H and O–H groups in total. The van der Waals surface area contributed by atoms with Crippen molar-refractivity contribution in [3.05, 3.63) is 0 Å². The highest BCUT2D eigenvalue weighted by molar-refractivity contribution is 5.74. The number of hydrogen-bond acceptors (Lipinski definition) is 7. The van der Waals surface area contributed by atoms with Crippen LogP contribution in [0.25, 0.3) is 0 Å². The minimum Gasteiger partial charge on any atom is -0.462 e. The van der Waals surface area contributed by atoms with E-state index in [2.05, 4.69) is 6.92 Å². The largest absolute Gasteiger partial charge is 0.462 e. The molecule has 0 radical (unpaired) electrons. The first kappa shape index (κ1) is 34.9. The average molecular weight is 645 g/mol. The molecule has 6 saturated carbocycles. The Hall–Kier alpha value is -1.39. The Morgan fingerprint density at radius 1 is 0.933 bits per heavy atom. The van der Waals surface area contributed by atoms with Crippen molar-refractivity contribution in [1.29, 1.82) is 0 Å². The summed E-state index contributed by atoms with van der Waals surface area (Å²) >= 11 is 0. The van der Waals surface area contributed by atoms with Gasteiger partial charge in [0, 0.05) is 12.8 Å². The molecular formula is C35H55F3O7. The molecule has 6 bridgehead atoms. The molecular weight excluding hydrogens is 589 g/mol. The van der Waals surface area contributed by atoms with Crippen molar-refractivity contribution >= 4 is 11.9 Å². The Kier molecular flexibility index (Phi) is 9.27. The van der Waals surface area contributed by atoms with Gasteiger partial charge in [0.2, 0.25) is 0 Å². The van der Waals surface area contributed by atoms with Crippen molar-refractivity contribution in [3.63, 3.8) is 0 Å². The van der Waals surface area contributed by atoms with Gasteiger partial charge >= 0.3 is 18.1 Å². The van der Waals surface area contributed by atoms with Crippen LogP contribution in [0.2, 0.25) is 0 Å². The summed E-state index contributed by atoms with van der Waals surface area (Å²) in [6.45, 7) is 9.66. The minimum absolute atomic E-state index is 0.102. The molecule has 10 heteroatoms. The SMILES string of the molecule is CC(CC(C)(O)C(F)(F)F)OC(=O)C(CCC(C)C(=O)OC12CC3CC(CC(O)(C3)C1)C2)C[C@H]1C(C)C2CC1C(C(C)(C)O)C2. The molecule has 6 rings (SSSR count). The summed E-state index contributed by atoms with van der Waals surface area (Å²) in [6.07, 6.45) is 0.907. The van der Waals surface area contributed by atoms with E-state index in [4.69, 9.17) is 9.47 Å². The highest BCUT2D eigenvalue weighted by atomic mass is 19.4. The molecule has 258 valence electrons. The molecule has 0 aromatic carbocycles. The quantitative estimate of drug-likeness (QED) is 0.212. The van der Waals surface area contributed by atoms with Crippen LogP contribution < -0.4 is 0 Å². The molecule has 7 nitrogen and oxygen atoms in total. The highest BCUT2D eigenvalue weighted by Gasteiger charge is 2.59. The molecule has 0 aliphatic heterocycles. The molecule has 6 aliphatic rings. The van der Waals surface area contributed by atoms with Crippen LogP contribution in [-0.2, 0) is 19.1 Å². The first-order chi connectivity index (χ1) is 20.6. The maximum atomic E-state index is 13.6. The Morgan fingerprint density at radius 2 is 1.56 bits per heavy atom. The molecule has 45 heavy (non-hydrogen) atoms. The lowest BCUT2D eigenvalue weighted by molar-refractivity contribution is -0.261. The van der Waals surface area contributed by atoms with E-state index >= 15 is 0 Å². The Labute approximate surface area is 266 Å². The highest BCUT2D eigenvalue weighted by Crippen LogP contribution is 2.60. The van der Waals surface area contributed by atoms with Crippen LogP contribution in [0.5, 0.6) is 0 Å². The van der Waals surface area contributed by atoms with Gasteiger partial charge in [0.25, 0.3) is 0 Å². The second-order valence-electron chi connectivity index (χ2n) is 17.1. The number of alkyl halides is 3. The number of esters is 2. The summed E-state index contributed by atoms with van der Waals surface area (Å²) in [5.74, 6) is -0.114. The third-order valence-corrected chi connectivity index (χ3v) is 12.7. The minimum atomic E-state index is -4.86. The fraction of sp³-hybridized carbons (Fsp3) is 0.943. The van der Waals surface area contributed by atoms with E-state index in [0.29, 0.717) is 56.3 Å². The summed E-state index contributed by atoms with van der Waals surface area (Å²) in [6, 6.07) is 0. The molecule has 10 unspecified atom stereocenters. The van der Waals surface area contributed by atoms with Crippen LogP contribution in [0.4, 0.5) is 13.2 Å². The van der Waals surface area contributed by atoms with Gasteiger partial charge in [0.1, 0.15) is 11.7 Å². The van der Waals surface area contributed by atoms with E-state index in [1.54, 1.807) is 6.92 Å². The number of halogens is 3. The molecule has 0 aromatic rings. The van der Waals surface area contributed by atoms with Crippen LogP contribution in [-0.4, -0.2) is 61.9 Å². The van der Waals surface area contributed by atoms with Gasteiger partial charge in [-0.1, -0.05) is 13.8 Å². The molecule has 0 amide bonds. The van der Waals surface area contributed by atoms with Crippen molar-refractivity contribution in [2.45, 2.75) is 153 Å². The fourth-order valence-electron chi connectivity index (χ4n) is 10.8. The van der Waals surface area contributed by atoms with E-state index in [1.165, 1.54) is 6.92 Å². The van der Waals surface area contributed by atoms with Gasteiger partial charge in [-0.05, 0) is 133 Å². The van der Waals surface area contributed by atoms with Gasteiger partial charge in [-0.2, -0.15) is 13.2 Å². The van der Waals surface area contributed by atoms with Crippen LogP contribution in [0.3, 0.4) is 0 Å². The number of aliphatic hydroxyl groups is 3. The normalized spacial score (nSPS) is 40.6. The van der Waals surface area contributed by atoms with E-state index in [0.717, 1.165) is 44.9 Å². The van der Waals surface area contributed by atoms with E-state index < -0.39 is 58.9 Å². The summed E-state index contributed by atoms with van der Waals surface area (Å²) in [4.78, 5) is 27.0. The van der Waals surface area contributed by atoms with Crippen LogP contribution in [0, 0.1) is 53.3 Å². The smallest absolute Gasteiger partial charge is 0.417 e. The number of fused-ring (bicyclic) bond motifs is 2. The zero-order chi connectivity index (χ0) is 33.3. The summed E-state index contributed by atoms with van der Waals surface area (Å²) < 4.78 is 51.7. The third kappa shape index (κ3) is 7.23. The van der Waals surface area contributed by atoms with Crippen LogP contribution >= 0.6 is 0 Å². The first-order valence-corrected chi connectivity index (χ1v) is 17.3. The third-order valence-electron chi connectivity index (χ3n) is 12.7. The van der Waals surface area contributed by atoms with Gasteiger partial charge in [0.05, 0.1) is 23.0 Å². The van der Waals surface area contributed by atoms with Gasteiger partial charge in [-0.15, -0.1) is 0 Å². The van der Waals surface area contributed by atoms with Crippen LogP contribution in [0.1, 0.15) is 119 Å². The topological polar surface area (TPSA) is 113 Å². The molecule has 0 saturated heterocycles. The zero-order valence-electron chi connectivity index (χ0n) is 27.9. The lowest BCUT2D eigenvalue weighted by atomic mass is 9.52.